The van der Waals surface area contributed by atoms with Crippen LogP contribution in [0.15, 0.2) is 95.1 Å². The Morgan fingerprint density at radius 3 is 2.58 bits per heavy atom. The molecule has 1 amide bonds. The van der Waals surface area contributed by atoms with E-state index in [9.17, 15) is 13.2 Å². The summed E-state index contributed by atoms with van der Waals surface area (Å²) >= 11 is 1.25. The highest BCUT2D eigenvalue weighted by Crippen LogP contribution is 2.32. The molecule has 1 saturated heterocycles. The number of nitrogens with zero attached hydrogens (tertiary/aromatic N) is 4. The van der Waals surface area contributed by atoms with E-state index in [1.54, 1.807) is 12.1 Å². The molecule has 0 unspecified atom stereocenters. The second-order valence-electron chi connectivity index (χ2n) is 9.11. The second-order valence-corrected chi connectivity index (χ2v) is 12.0. The van der Waals surface area contributed by atoms with E-state index in [2.05, 4.69) is 20.5 Å². The first-order valence-electron chi connectivity index (χ1n) is 12.7. The molecule has 2 N–H and O–H groups in total. The maximum absolute atomic E-state index is 13.0. The first kappa shape index (κ1) is 26.3. The average Bonchev–Trinajstić information content (AvgIpc) is 3.61. The molecule has 12 heteroatoms. The number of fused-ring (bicyclic) bond motifs is 1. The third-order valence-electron chi connectivity index (χ3n) is 6.54. The Balaban J connectivity index is 1.22. The van der Waals surface area contributed by atoms with Crippen molar-refractivity contribution in [2.45, 2.75) is 10.1 Å². The number of benzene rings is 3. The van der Waals surface area contributed by atoms with E-state index in [-0.39, 0.29) is 16.6 Å². The summed E-state index contributed by atoms with van der Waals surface area (Å²) < 4.78 is 34.6. The summed E-state index contributed by atoms with van der Waals surface area (Å²) in [5.74, 6) is 0.425. The van der Waals surface area contributed by atoms with Gasteiger partial charge >= 0.3 is 0 Å². The molecule has 10 nitrogen and oxygen atoms in total. The Morgan fingerprint density at radius 2 is 1.75 bits per heavy atom. The highest BCUT2D eigenvalue weighted by atomic mass is 32.2. The van der Waals surface area contributed by atoms with Crippen LogP contribution in [0.4, 0.5) is 5.69 Å². The van der Waals surface area contributed by atoms with E-state index in [0.717, 1.165) is 22.2 Å². The Bertz CT molecular complexity index is 1760. The monoisotopic (exact) mass is 574 g/mol. The van der Waals surface area contributed by atoms with Crippen LogP contribution >= 0.6 is 11.8 Å². The fourth-order valence-corrected chi connectivity index (χ4v) is 6.81. The third-order valence-corrected chi connectivity index (χ3v) is 9.36. The van der Waals surface area contributed by atoms with Crippen LogP contribution in [0.5, 0.6) is 0 Å². The number of rotatable bonds is 8. The molecule has 0 spiro atoms. The second kappa shape index (κ2) is 11.3. The van der Waals surface area contributed by atoms with Crippen LogP contribution in [-0.4, -0.2) is 70.4 Å². The lowest BCUT2D eigenvalue weighted by Gasteiger charge is -2.26. The van der Waals surface area contributed by atoms with E-state index >= 15 is 0 Å². The molecule has 3 aromatic carbocycles. The van der Waals surface area contributed by atoms with Crippen LogP contribution in [-0.2, 0) is 19.6 Å². The van der Waals surface area contributed by atoms with E-state index in [0.29, 0.717) is 43.0 Å². The Hall–Kier alpha value is -3.97. The Morgan fingerprint density at radius 1 is 0.975 bits per heavy atom. The van der Waals surface area contributed by atoms with Crippen LogP contribution in [0.1, 0.15) is 0 Å². The lowest BCUT2D eigenvalue weighted by Crippen LogP contribution is -2.40. The molecule has 0 radical (unpaired) electrons. The molecule has 0 saturated carbocycles. The number of carbonyl (C=O) groups excluding carboxylic acids is 1. The first-order valence-corrected chi connectivity index (χ1v) is 15.1. The number of para-hydroxylation sites is 2. The highest BCUT2D eigenvalue weighted by molar-refractivity contribution is 7.99. The van der Waals surface area contributed by atoms with Crippen LogP contribution < -0.4 is 5.32 Å². The molecule has 1 fully saturated rings. The average molecular weight is 575 g/mol. The molecule has 0 bridgehead atoms. The molecular formula is C28H26N6O4S2. The first-order chi connectivity index (χ1) is 19.5. The van der Waals surface area contributed by atoms with Crippen LogP contribution in [0.2, 0.25) is 0 Å². The van der Waals surface area contributed by atoms with Crippen molar-refractivity contribution >= 4 is 44.3 Å². The molecule has 3 heterocycles. The van der Waals surface area contributed by atoms with Gasteiger partial charge in [-0.25, -0.2) is 8.42 Å². The van der Waals surface area contributed by atoms with Gasteiger partial charge in [-0.2, -0.15) is 4.31 Å². The largest absolute Gasteiger partial charge is 0.379 e. The van der Waals surface area contributed by atoms with Gasteiger partial charge in [-0.15, -0.1) is 10.2 Å². The van der Waals surface area contributed by atoms with Gasteiger partial charge in [0, 0.05) is 47.1 Å². The Kier molecular flexibility index (Phi) is 7.39. The molecule has 1 aliphatic rings. The molecule has 204 valence electrons. The van der Waals surface area contributed by atoms with Gasteiger partial charge in [0.1, 0.15) is 0 Å². The summed E-state index contributed by atoms with van der Waals surface area (Å²) in [6, 6.07) is 24.0. The molecule has 0 aliphatic carbocycles. The number of amides is 1. The zero-order valence-electron chi connectivity index (χ0n) is 21.4. The van der Waals surface area contributed by atoms with Crippen molar-refractivity contribution in [3.63, 3.8) is 0 Å². The number of anilines is 1. The smallest absolute Gasteiger partial charge is 0.243 e. The number of thioether (sulfide) groups is 1. The maximum Gasteiger partial charge on any atom is 0.243 e. The van der Waals surface area contributed by atoms with Gasteiger partial charge in [-0.05, 0) is 36.4 Å². The predicted molar refractivity (Wildman–Crippen MR) is 154 cm³/mol. The summed E-state index contributed by atoms with van der Waals surface area (Å²) in [7, 11) is -3.67. The molecule has 6 rings (SSSR count). The van der Waals surface area contributed by atoms with Gasteiger partial charge in [0.15, 0.2) is 11.0 Å². The van der Waals surface area contributed by atoms with Crippen molar-refractivity contribution in [1.82, 2.24) is 24.1 Å². The number of carbonyl (C=O) groups is 1. The van der Waals surface area contributed by atoms with Crippen molar-refractivity contribution in [2.24, 2.45) is 0 Å². The van der Waals surface area contributed by atoms with Gasteiger partial charge in [0.05, 0.1) is 23.9 Å². The minimum absolute atomic E-state index is 0.0549. The molecular weight excluding hydrogens is 548 g/mol. The zero-order valence-corrected chi connectivity index (χ0v) is 23.0. The number of sulfonamides is 1. The van der Waals surface area contributed by atoms with Crippen molar-refractivity contribution in [1.29, 1.82) is 0 Å². The normalized spacial score (nSPS) is 14.4. The molecule has 1 aliphatic heterocycles. The van der Waals surface area contributed by atoms with E-state index in [1.165, 1.54) is 28.2 Å². The molecule has 5 aromatic rings. The van der Waals surface area contributed by atoms with E-state index in [1.807, 2.05) is 65.4 Å². The molecule has 40 heavy (non-hydrogen) atoms. The number of ether oxygens (including phenoxy) is 1. The van der Waals surface area contributed by atoms with E-state index < -0.39 is 10.0 Å². The fraction of sp³-hybridized carbons (Fsp3) is 0.179. The number of hydrogen-bond acceptors (Lipinski definition) is 7. The third kappa shape index (κ3) is 5.26. The number of morpholine rings is 1. The lowest BCUT2D eigenvalue weighted by molar-refractivity contribution is -0.113. The minimum Gasteiger partial charge on any atom is -0.379 e. The standard InChI is InChI=1S/C28H26N6O4S2/c35-26(30-20-7-6-10-22(17-20)40(36,37)33-13-15-38-16-14-33)19-39-28-32-31-27(34(28)21-8-2-1-3-9-21)24-18-29-25-12-5-4-11-23(24)25/h1-12,17-18,29H,13-16,19H2,(H,30,35). The van der Waals surface area contributed by atoms with Crippen LogP contribution in [0.25, 0.3) is 28.0 Å². The van der Waals surface area contributed by atoms with Gasteiger partial charge in [-0.3, -0.25) is 9.36 Å². The quantitative estimate of drug-likeness (QED) is 0.267. The number of aromatic amines is 1. The number of hydrogen-bond donors (Lipinski definition) is 2. The number of nitrogens with one attached hydrogen (secondary N) is 2. The predicted octanol–water partition coefficient (Wildman–Crippen LogP) is 4.17. The molecule has 0 atom stereocenters. The van der Waals surface area contributed by atoms with Crippen LogP contribution in [0.3, 0.4) is 0 Å². The van der Waals surface area contributed by atoms with Gasteiger partial charge < -0.3 is 15.0 Å². The van der Waals surface area contributed by atoms with Crippen LogP contribution in [0, 0.1) is 0 Å². The lowest BCUT2D eigenvalue weighted by atomic mass is 10.1. The van der Waals surface area contributed by atoms with Gasteiger partial charge in [0.25, 0.3) is 0 Å². The Labute approximate surface area is 235 Å². The zero-order chi connectivity index (χ0) is 27.5. The summed E-state index contributed by atoms with van der Waals surface area (Å²) in [6.45, 7) is 1.33. The number of H-pyrrole nitrogens is 1. The van der Waals surface area contributed by atoms with Gasteiger partial charge in [-0.1, -0.05) is 54.2 Å². The van der Waals surface area contributed by atoms with Gasteiger partial charge in [0.2, 0.25) is 15.9 Å². The minimum atomic E-state index is -3.67. The van der Waals surface area contributed by atoms with Crippen molar-refractivity contribution in [3.05, 3.63) is 85.1 Å². The topological polar surface area (TPSA) is 122 Å². The van der Waals surface area contributed by atoms with Crippen molar-refractivity contribution in [2.75, 3.05) is 37.4 Å². The van der Waals surface area contributed by atoms with Crippen molar-refractivity contribution < 1.29 is 17.9 Å². The fourth-order valence-electron chi connectivity index (χ4n) is 4.60. The summed E-state index contributed by atoms with van der Waals surface area (Å²) in [5.41, 5.74) is 3.17. The van der Waals surface area contributed by atoms with Crippen molar-refractivity contribution in [3.8, 4) is 17.1 Å². The summed E-state index contributed by atoms with van der Waals surface area (Å²) in [5, 5.41) is 13.3. The molecule has 2 aromatic heterocycles. The maximum atomic E-state index is 13.0. The highest BCUT2D eigenvalue weighted by Gasteiger charge is 2.26. The number of aromatic nitrogens is 4. The summed E-state index contributed by atoms with van der Waals surface area (Å²) in [4.78, 5) is 16.4. The summed E-state index contributed by atoms with van der Waals surface area (Å²) in [6.07, 6.45) is 1.91. The van der Waals surface area contributed by atoms with E-state index in [4.69, 9.17) is 4.74 Å². The SMILES string of the molecule is O=C(CSc1nnc(-c2c[nH]c3ccccc23)n1-c1ccccc1)Nc1cccc(S(=O)(=O)N2CCOCC2)c1.